The number of rotatable bonds is 7. The molecule has 2 aromatic carbocycles. The molecule has 0 aliphatic carbocycles. The van der Waals surface area contributed by atoms with Crippen molar-refractivity contribution in [2.75, 3.05) is 14.2 Å². The number of hydrogen-bond acceptors (Lipinski definition) is 3. The van der Waals surface area contributed by atoms with Gasteiger partial charge < -0.3 is 14.8 Å². The summed E-state index contributed by atoms with van der Waals surface area (Å²) in [6, 6.07) is 13.0. The van der Waals surface area contributed by atoms with Gasteiger partial charge >= 0.3 is 0 Å². The zero-order valence-electron chi connectivity index (χ0n) is 13.3. The summed E-state index contributed by atoms with van der Waals surface area (Å²) >= 11 is 6.07. The molecule has 122 valence electrons. The monoisotopic (exact) mass is 333 g/mol. The van der Waals surface area contributed by atoms with Crippen molar-refractivity contribution >= 4 is 17.5 Å². The molecule has 0 aliphatic heterocycles. The second kappa shape index (κ2) is 8.44. The van der Waals surface area contributed by atoms with E-state index >= 15 is 0 Å². The lowest BCUT2D eigenvalue weighted by Crippen LogP contribution is -2.23. The van der Waals surface area contributed by atoms with Crippen molar-refractivity contribution in [3.8, 4) is 11.5 Å². The highest BCUT2D eigenvalue weighted by Crippen LogP contribution is 2.25. The third-order valence-electron chi connectivity index (χ3n) is 3.54. The standard InChI is InChI=1S/C18H20ClNO3/c1-22-15-8-9-17(23-2)13(11-15)7-10-18(21)20-12-14-5-3-4-6-16(14)19/h3-6,8-9,11H,7,10,12H2,1-2H3,(H,20,21). The molecule has 0 fully saturated rings. The maximum atomic E-state index is 12.0. The molecule has 0 heterocycles. The molecule has 1 N–H and O–H groups in total. The van der Waals surface area contributed by atoms with Gasteiger partial charge in [0.25, 0.3) is 0 Å². The summed E-state index contributed by atoms with van der Waals surface area (Å²) in [5.41, 5.74) is 1.85. The van der Waals surface area contributed by atoms with Crippen LogP contribution in [0.5, 0.6) is 11.5 Å². The SMILES string of the molecule is COc1ccc(OC)c(CCC(=O)NCc2ccccc2Cl)c1. The largest absolute Gasteiger partial charge is 0.497 e. The van der Waals surface area contributed by atoms with Crippen LogP contribution in [0.15, 0.2) is 42.5 Å². The Labute approximate surface area is 141 Å². The lowest BCUT2D eigenvalue weighted by atomic mass is 10.1. The molecule has 0 unspecified atom stereocenters. The summed E-state index contributed by atoms with van der Waals surface area (Å²) in [4.78, 5) is 12.0. The van der Waals surface area contributed by atoms with E-state index in [0.29, 0.717) is 24.4 Å². The van der Waals surface area contributed by atoms with E-state index in [-0.39, 0.29) is 5.91 Å². The molecule has 23 heavy (non-hydrogen) atoms. The first kappa shape index (κ1) is 17.2. The van der Waals surface area contributed by atoms with Crippen LogP contribution in [0, 0.1) is 0 Å². The van der Waals surface area contributed by atoms with Crippen molar-refractivity contribution in [2.45, 2.75) is 19.4 Å². The number of methoxy groups -OCH3 is 2. The Morgan fingerprint density at radius 1 is 1.09 bits per heavy atom. The maximum absolute atomic E-state index is 12.0. The Hall–Kier alpha value is -2.20. The van der Waals surface area contributed by atoms with Crippen LogP contribution in [-0.4, -0.2) is 20.1 Å². The number of carbonyl (C=O) groups excluding carboxylic acids is 1. The van der Waals surface area contributed by atoms with E-state index in [9.17, 15) is 4.79 Å². The lowest BCUT2D eigenvalue weighted by Gasteiger charge is -2.11. The average molecular weight is 334 g/mol. The van der Waals surface area contributed by atoms with Crippen molar-refractivity contribution < 1.29 is 14.3 Å². The van der Waals surface area contributed by atoms with Gasteiger partial charge in [-0.2, -0.15) is 0 Å². The topological polar surface area (TPSA) is 47.6 Å². The minimum absolute atomic E-state index is 0.0326. The summed E-state index contributed by atoms with van der Waals surface area (Å²) in [6.45, 7) is 0.424. The summed E-state index contributed by atoms with van der Waals surface area (Å²) < 4.78 is 10.5. The van der Waals surface area contributed by atoms with E-state index in [1.54, 1.807) is 14.2 Å². The minimum atomic E-state index is -0.0326. The first-order chi connectivity index (χ1) is 11.1. The summed E-state index contributed by atoms with van der Waals surface area (Å²) in [5, 5.41) is 3.54. The lowest BCUT2D eigenvalue weighted by molar-refractivity contribution is -0.121. The van der Waals surface area contributed by atoms with Crippen molar-refractivity contribution in [1.29, 1.82) is 0 Å². The van der Waals surface area contributed by atoms with Gasteiger partial charge in [0.2, 0.25) is 5.91 Å². The molecule has 0 radical (unpaired) electrons. The molecular formula is C18H20ClNO3. The molecule has 0 saturated heterocycles. The fraction of sp³-hybridized carbons (Fsp3) is 0.278. The van der Waals surface area contributed by atoms with Gasteiger partial charge in [0.1, 0.15) is 11.5 Å². The van der Waals surface area contributed by atoms with Crippen LogP contribution < -0.4 is 14.8 Å². The fourth-order valence-corrected chi connectivity index (χ4v) is 2.45. The van der Waals surface area contributed by atoms with Crippen LogP contribution in [0.3, 0.4) is 0 Å². The third kappa shape index (κ3) is 4.89. The Kier molecular flexibility index (Phi) is 6.29. The smallest absolute Gasteiger partial charge is 0.220 e. The highest BCUT2D eigenvalue weighted by atomic mass is 35.5. The number of carbonyl (C=O) groups is 1. The van der Waals surface area contributed by atoms with Gasteiger partial charge in [-0.15, -0.1) is 0 Å². The van der Waals surface area contributed by atoms with E-state index < -0.39 is 0 Å². The molecule has 2 rings (SSSR count). The van der Waals surface area contributed by atoms with Crippen LogP contribution >= 0.6 is 11.6 Å². The highest BCUT2D eigenvalue weighted by molar-refractivity contribution is 6.31. The zero-order chi connectivity index (χ0) is 16.7. The van der Waals surface area contributed by atoms with E-state index in [1.807, 2.05) is 42.5 Å². The fourth-order valence-electron chi connectivity index (χ4n) is 2.25. The first-order valence-electron chi connectivity index (χ1n) is 7.35. The van der Waals surface area contributed by atoms with E-state index in [0.717, 1.165) is 22.6 Å². The number of aryl methyl sites for hydroxylation is 1. The van der Waals surface area contributed by atoms with Gasteiger partial charge in [-0.1, -0.05) is 29.8 Å². The summed E-state index contributed by atoms with van der Waals surface area (Å²) in [7, 11) is 3.23. The van der Waals surface area contributed by atoms with Crippen LogP contribution in [0.2, 0.25) is 5.02 Å². The molecule has 1 amide bonds. The van der Waals surface area contributed by atoms with Crippen LogP contribution in [-0.2, 0) is 17.8 Å². The zero-order valence-corrected chi connectivity index (χ0v) is 14.0. The molecule has 0 aromatic heterocycles. The van der Waals surface area contributed by atoms with Crippen molar-refractivity contribution in [3.05, 3.63) is 58.6 Å². The van der Waals surface area contributed by atoms with Crippen molar-refractivity contribution in [2.24, 2.45) is 0 Å². The maximum Gasteiger partial charge on any atom is 0.220 e. The summed E-state index contributed by atoms with van der Waals surface area (Å²) in [6.07, 6.45) is 0.947. The van der Waals surface area contributed by atoms with Gasteiger partial charge in [0.05, 0.1) is 14.2 Å². The molecule has 5 heteroatoms. The van der Waals surface area contributed by atoms with Gasteiger partial charge in [0.15, 0.2) is 0 Å². The van der Waals surface area contributed by atoms with Crippen LogP contribution in [0.4, 0.5) is 0 Å². The Morgan fingerprint density at radius 2 is 1.87 bits per heavy atom. The number of nitrogens with one attached hydrogen (secondary N) is 1. The molecule has 0 saturated carbocycles. The molecule has 0 aliphatic rings. The summed E-state index contributed by atoms with van der Waals surface area (Å²) in [5.74, 6) is 1.47. The average Bonchev–Trinajstić information content (AvgIpc) is 2.58. The quantitative estimate of drug-likeness (QED) is 0.842. The van der Waals surface area contributed by atoms with Gasteiger partial charge in [-0.05, 0) is 41.8 Å². The number of amides is 1. The van der Waals surface area contributed by atoms with Crippen LogP contribution in [0.1, 0.15) is 17.5 Å². The predicted octanol–water partition coefficient (Wildman–Crippen LogP) is 3.61. The molecule has 0 atom stereocenters. The highest BCUT2D eigenvalue weighted by Gasteiger charge is 2.09. The molecule has 2 aromatic rings. The normalized spacial score (nSPS) is 10.2. The third-order valence-corrected chi connectivity index (χ3v) is 3.91. The second-order valence-corrected chi connectivity index (χ2v) is 5.45. The Balaban J connectivity index is 1.90. The van der Waals surface area contributed by atoms with E-state index in [1.165, 1.54) is 0 Å². The number of hydrogen-bond donors (Lipinski definition) is 1. The van der Waals surface area contributed by atoms with Crippen LogP contribution in [0.25, 0.3) is 0 Å². The minimum Gasteiger partial charge on any atom is -0.497 e. The van der Waals surface area contributed by atoms with Gasteiger partial charge in [0, 0.05) is 18.0 Å². The predicted molar refractivity (Wildman–Crippen MR) is 91.2 cm³/mol. The number of halogens is 1. The van der Waals surface area contributed by atoms with Gasteiger partial charge in [-0.25, -0.2) is 0 Å². The second-order valence-electron chi connectivity index (χ2n) is 5.05. The first-order valence-corrected chi connectivity index (χ1v) is 7.73. The van der Waals surface area contributed by atoms with E-state index in [2.05, 4.69) is 5.32 Å². The molecular weight excluding hydrogens is 314 g/mol. The number of ether oxygens (including phenoxy) is 2. The molecule has 4 nitrogen and oxygen atoms in total. The van der Waals surface area contributed by atoms with Gasteiger partial charge in [-0.3, -0.25) is 4.79 Å². The number of benzene rings is 2. The molecule has 0 spiro atoms. The Morgan fingerprint density at radius 3 is 2.57 bits per heavy atom. The van der Waals surface area contributed by atoms with Crippen molar-refractivity contribution in [3.63, 3.8) is 0 Å². The van der Waals surface area contributed by atoms with E-state index in [4.69, 9.17) is 21.1 Å². The van der Waals surface area contributed by atoms with Crippen molar-refractivity contribution in [1.82, 2.24) is 5.32 Å². The molecule has 0 bridgehead atoms. The Bertz CT molecular complexity index is 673.